The molecule has 0 unspecified atom stereocenters. The van der Waals surface area contributed by atoms with Crippen LogP contribution in [0.2, 0.25) is 0 Å². The van der Waals surface area contributed by atoms with Crippen molar-refractivity contribution >= 4 is 32.6 Å². The van der Waals surface area contributed by atoms with Crippen LogP contribution in [-0.4, -0.2) is 9.97 Å². The highest BCUT2D eigenvalue weighted by atomic mass is 14.7. The summed E-state index contributed by atoms with van der Waals surface area (Å²) in [5.41, 5.74) is 11.7. The Morgan fingerprint density at radius 1 is 0.444 bits per heavy atom. The summed E-state index contributed by atoms with van der Waals surface area (Å²) in [5, 5.41) is 4.86. The number of fused-ring (bicyclic) bond motifs is 6. The van der Waals surface area contributed by atoms with E-state index in [1.54, 1.807) is 0 Å². The van der Waals surface area contributed by atoms with E-state index in [0.29, 0.717) is 0 Å². The smallest absolute Gasteiger partial charge is 0.0972 e. The summed E-state index contributed by atoms with van der Waals surface area (Å²) in [6.07, 6.45) is 1.84. The SMILES string of the molecule is c1cc(-c2ccc3ccc4cccnc4c3n2)cc(-c2ccc3c4c(cccc24)-c2ccccc2-3)c1. The van der Waals surface area contributed by atoms with Gasteiger partial charge in [0.2, 0.25) is 0 Å². The summed E-state index contributed by atoms with van der Waals surface area (Å²) in [6, 6.07) is 41.2. The molecule has 7 aromatic rings. The van der Waals surface area contributed by atoms with Gasteiger partial charge in [-0.2, -0.15) is 0 Å². The first-order valence-electron chi connectivity index (χ1n) is 12.3. The zero-order valence-corrected chi connectivity index (χ0v) is 19.4. The quantitative estimate of drug-likeness (QED) is 0.243. The third-order valence-electron chi connectivity index (χ3n) is 7.45. The first kappa shape index (κ1) is 19.5. The van der Waals surface area contributed by atoms with Gasteiger partial charge in [0, 0.05) is 22.5 Å². The molecule has 2 aromatic heterocycles. The van der Waals surface area contributed by atoms with Gasteiger partial charge in [0.15, 0.2) is 0 Å². The van der Waals surface area contributed by atoms with Gasteiger partial charge in [-0.05, 0) is 62.4 Å². The van der Waals surface area contributed by atoms with E-state index in [1.807, 2.05) is 12.3 Å². The highest BCUT2D eigenvalue weighted by Gasteiger charge is 2.22. The van der Waals surface area contributed by atoms with E-state index in [9.17, 15) is 0 Å². The predicted octanol–water partition coefficient (Wildman–Crippen LogP) is 8.92. The largest absolute Gasteiger partial charge is 0.254 e. The summed E-state index contributed by atoms with van der Waals surface area (Å²) < 4.78 is 0. The molecule has 0 bridgehead atoms. The Balaban J connectivity index is 1.31. The van der Waals surface area contributed by atoms with Crippen molar-refractivity contribution in [2.45, 2.75) is 0 Å². The van der Waals surface area contributed by atoms with Gasteiger partial charge >= 0.3 is 0 Å². The summed E-state index contributed by atoms with van der Waals surface area (Å²) in [7, 11) is 0. The summed E-state index contributed by atoms with van der Waals surface area (Å²) >= 11 is 0. The van der Waals surface area contributed by atoms with E-state index in [1.165, 1.54) is 44.2 Å². The first-order valence-corrected chi connectivity index (χ1v) is 12.3. The molecule has 0 saturated carbocycles. The van der Waals surface area contributed by atoms with Gasteiger partial charge in [0.05, 0.1) is 16.7 Å². The number of hydrogen-bond acceptors (Lipinski definition) is 2. The maximum Gasteiger partial charge on any atom is 0.0972 e. The van der Waals surface area contributed by atoms with Crippen molar-refractivity contribution in [2.75, 3.05) is 0 Å². The fourth-order valence-corrected chi connectivity index (χ4v) is 5.79. The normalized spacial score (nSPS) is 11.9. The van der Waals surface area contributed by atoms with Gasteiger partial charge in [-0.25, -0.2) is 4.98 Å². The average molecular weight is 457 g/mol. The zero-order valence-electron chi connectivity index (χ0n) is 19.4. The number of pyridine rings is 2. The number of hydrogen-bond donors (Lipinski definition) is 0. The Labute approximate surface area is 208 Å². The predicted molar refractivity (Wildman–Crippen MR) is 150 cm³/mol. The number of benzene rings is 5. The Morgan fingerprint density at radius 2 is 1.14 bits per heavy atom. The Bertz CT molecular complexity index is 1970. The minimum absolute atomic E-state index is 0.944. The molecule has 0 saturated heterocycles. The molecule has 1 aliphatic rings. The van der Waals surface area contributed by atoms with Crippen LogP contribution in [0.3, 0.4) is 0 Å². The molecule has 2 nitrogen and oxygen atoms in total. The molecule has 166 valence electrons. The van der Waals surface area contributed by atoms with Crippen LogP contribution in [0.25, 0.3) is 77.2 Å². The van der Waals surface area contributed by atoms with E-state index < -0.39 is 0 Å². The van der Waals surface area contributed by atoms with E-state index in [-0.39, 0.29) is 0 Å². The summed E-state index contributed by atoms with van der Waals surface area (Å²) in [4.78, 5) is 9.69. The maximum absolute atomic E-state index is 5.07. The van der Waals surface area contributed by atoms with Crippen molar-refractivity contribution in [3.8, 4) is 44.6 Å². The van der Waals surface area contributed by atoms with Crippen molar-refractivity contribution in [1.29, 1.82) is 0 Å². The van der Waals surface area contributed by atoms with E-state index >= 15 is 0 Å². The molecule has 36 heavy (non-hydrogen) atoms. The third kappa shape index (κ3) is 2.73. The van der Waals surface area contributed by atoms with Gasteiger partial charge < -0.3 is 0 Å². The molecular weight excluding hydrogens is 436 g/mol. The molecule has 2 heteroatoms. The second-order valence-electron chi connectivity index (χ2n) is 9.42. The van der Waals surface area contributed by atoms with Crippen LogP contribution in [0.5, 0.6) is 0 Å². The van der Waals surface area contributed by atoms with Gasteiger partial charge in [0.25, 0.3) is 0 Å². The lowest BCUT2D eigenvalue weighted by Crippen LogP contribution is -1.89. The average Bonchev–Trinajstić information content (AvgIpc) is 3.28. The Morgan fingerprint density at radius 3 is 2.03 bits per heavy atom. The lowest BCUT2D eigenvalue weighted by atomic mass is 9.93. The molecule has 0 aliphatic heterocycles. The number of aromatic nitrogens is 2. The van der Waals surface area contributed by atoms with Crippen LogP contribution >= 0.6 is 0 Å². The van der Waals surface area contributed by atoms with Gasteiger partial charge in [-0.3, -0.25) is 4.98 Å². The zero-order chi connectivity index (χ0) is 23.6. The minimum atomic E-state index is 0.944. The first-order chi connectivity index (χ1) is 17.8. The van der Waals surface area contributed by atoms with Crippen LogP contribution in [-0.2, 0) is 0 Å². The molecule has 5 aromatic carbocycles. The highest BCUT2D eigenvalue weighted by Crippen LogP contribution is 2.49. The molecule has 0 radical (unpaired) electrons. The molecule has 0 atom stereocenters. The van der Waals surface area contributed by atoms with Crippen LogP contribution < -0.4 is 0 Å². The molecule has 0 spiro atoms. The van der Waals surface area contributed by atoms with Gasteiger partial charge in [0.1, 0.15) is 0 Å². The number of rotatable bonds is 2. The van der Waals surface area contributed by atoms with Crippen molar-refractivity contribution in [3.63, 3.8) is 0 Å². The Kier molecular flexibility index (Phi) is 3.97. The van der Waals surface area contributed by atoms with Crippen molar-refractivity contribution in [1.82, 2.24) is 9.97 Å². The maximum atomic E-state index is 5.07. The fraction of sp³-hybridized carbons (Fsp3) is 0. The van der Waals surface area contributed by atoms with Crippen molar-refractivity contribution < 1.29 is 0 Å². The van der Waals surface area contributed by atoms with Gasteiger partial charge in [-0.15, -0.1) is 0 Å². The topological polar surface area (TPSA) is 25.8 Å². The molecule has 0 fully saturated rings. The second kappa shape index (κ2) is 7.34. The van der Waals surface area contributed by atoms with Crippen LogP contribution in [0, 0.1) is 0 Å². The molecule has 1 aliphatic carbocycles. The molecule has 2 heterocycles. The van der Waals surface area contributed by atoms with Gasteiger partial charge in [-0.1, -0.05) is 97.1 Å². The summed E-state index contributed by atoms with van der Waals surface area (Å²) in [6.45, 7) is 0. The molecule has 0 amide bonds. The second-order valence-corrected chi connectivity index (χ2v) is 9.42. The standard InChI is InChI=1S/C34H20N2/c1-2-10-27-26(9-1)29-12-4-11-28-25(16-17-30(27)32(28)29)23-6-3-7-24(20-23)31-18-15-22-14-13-21-8-5-19-35-33(21)34(22)36-31/h1-20H. The number of nitrogens with zero attached hydrogens (tertiary/aromatic N) is 2. The monoisotopic (exact) mass is 456 g/mol. The van der Waals surface area contributed by atoms with Crippen molar-refractivity contribution in [3.05, 3.63) is 121 Å². The molecule has 0 N–H and O–H groups in total. The fourth-order valence-electron chi connectivity index (χ4n) is 5.79. The van der Waals surface area contributed by atoms with Crippen LogP contribution in [0.1, 0.15) is 0 Å². The highest BCUT2D eigenvalue weighted by molar-refractivity contribution is 6.18. The van der Waals surface area contributed by atoms with Crippen LogP contribution in [0.15, 0.2) is 121 Å². The third-order valence-corrected chi connectivity index (χ3v) is 7.45. The summed E-state index contributed by atoms with van der Waals surface area (Å²) in [5.74, 6) is 0. The minimum Gasteiger partial charge on any atom is -0.254 e. The van der Waals surface area contributed by atoms with Crippen LogP contribution in [0.4, 0.5) is 0 Å². The Hall–Kier alpha value is -4.82. The molecular formula is C34H20N2. The lowest BCUT2D eigenvalue weighted by molar-refractivity contribution is 1.37. The van der Waals surface area contributed by atoms with Crippen molar-refractivity contribution in [2.24, 2.45) is 0 Å². The molecule has 8 rings (SSSR count). The van der Waals surface area contributed by atoms with E-state index in [0.717, 1.165) is 33.1 Å². The lowest BCUT2D eigenvalue weighted by Gasteiger charge is -2.11. The van der Waals surface area contributed by atoms with E-state index in [4.69, 9.17) is 4.98 Å². The van der Waals surface area contributed by atoms with E-state index in [2.05, 4.69) is 114 Å².